The van der Waals surface area contributed by atoms with Crippen molar-refractivity contribution in [2.75, 3.05) is 4.90 Å². The van der Waals surface area contributed by atoms with Gasteiger partial charge >= 0.3 is 12.4 Å². The van der Waals surface area contributed by atoms with E-state index >= 15 is 0 Å². The van der Waals surface area contributed by atoms with E-state index < -0.39 is 73.8 Å². The zero-order valence-electron chi connectivity index (χ0n) is 23.3. The molecule has 3 N–H and O–H groups in total. The van der Waals surface area contributed by atoms with E-state index in [0.717, 1.165) is 4.90 Å². The number of pyridine rings is 1. The lowest BCUT2D eigenvalue weighted by molar-refractivity contribution is -0.152. The zero-order chi connectivity index (χ0) is 32.9. The molecule has 1 aliphatic heterocycles. The summed E-state index contributed by atoms with van der Waals surface area (Å²) in [4.78, 5) is 49.8. The van der Waals surface area contributed by atoms with Crippen molar-refractivity contribution in [3.8, 4) is 0 Å². The maximum absolute atomic E-state index is 14.1. The van der Waals surface area contributed by atoms with Crippen LogP contribution in [0.3, 0.4) is 0 Å². The summed E-state index contributed by atoms with van der Waals surface area (Å²) in [5, 5.41) is 2.55. The van der Waals surface area contributed by atoms with Crippen molar-refractivity contribution in [3.05, 3.63) is 89.1 Å². The highest BCUT2D eigenvalue weighted by atomic mass is 35.5. The second kappa shape index (κ2) is 13.7. The molecule has 2 aromatic carbocycles. The first-order valence-electron chi connectivity index (χ1n) is 13.6. The van der Waals surface area contributed by atoms with E-state index in [2.05, 4.69) is 15.3 Å². The monoisotopic (exact) mass is 653 g/mol. The van der Waals surface area contributed by atoms with E-state index in [1.807, 2.05) is 0 Å². The predicted molar refractivity (Wildman–Crippen MR) is 154 cm³/mol. The molecule has 4 rings (SSSR count). The molecule has 3 atom stereocenters. The van der Waals surface area contributed by atoms with Crippen molar-refractivity contribution >= 4 is 46.5 Å². The van der Waals surface area contributed by atoms with Crippen LogP contribution in [-0.2, 0) is 14.4 Å². The van der Waals surface area contributed by atoms with Gasteiger partial charge in [-0.3, -0.25) is 19.3 Å². The molecule has 0 radical (unpaired) electrons. The van der Waals surface area contributed by atoms with Gasteiger partial charge in [-0.2, -0.15) is 26.3 Å². The molecule has 3 unspecified atom stereocenters. The first-order chi connectivity index (χ1) is 21.1. The highest BCUT2D eigenvalue weighted by Crippen LogP contribution is 2.35. The van der Waals surface area contributed by atoms with Crippen LogP contribution in [0.1, 0.15) is 36.8 Å². The summed E-state index contributed by atoms with van der Waals surface area (Å²) in [6.45, 7) is 0. The Hall–Kier alpha value is -4.46. The van der Waals surface area contributed by atoms with Gasteiger partial charge in [0.1, 0.15) is 5.82 Å². The van der Waals surface area contributed by atoms with Gasteiger partial charge in [0.05, 0.1) is 16.4 Å². The van der Waals surface area contributed by atoms with Crippen molar-refractivity contribution in [2.24, 2.45) is 22.6 Å². The summed E-state index contributed by atoms with van der Waals surface area (Å²) >= 11 is 5.99. The fraction of sp³-hybridized carbons (Fsp3) is 0.300. The number of rotatable bonds is 10. The number of aromatic nitrogens is 1. The van der Waals surface area contributed by atoms with Crippen molar-refractivity contribution < 1.29 is 40.7 Å². The first-order valence-corrected chi connectivity index (χ1v) is 13.9. The van der Waals surface area contributed by atoms with Crippen LogP contribution in [0.25, 0.3) is 0 Å². The van der Waals surface area contributed by atoms with Crippen molar-refractivity contribution in [1.82, 2.24) is 10.3 Å². The van der Waals surface area contributed by atoms with Gasteiger partial charge in [0.2, 0.25) is 18.0 Å². The van der Waals surface area contributed by atoms with E-state index in [-0.39, 0.29) is 16.6 Å². The lowest BCUT2D eigenvalue weighted by atomic mass is 9.83. The number of nitrogens with zero attached hydrogens (tertiary/aromatic N) is 3. The fourth-order valence-corrected chi connectivity index (χ4v) is 5.07. The van der Waals surface area contributed by atoms with Gasteiger partial charge in [-0.15, -0.1) is 0 Å². The Kier molecular flexibility index (Phi) is 10.2. The average molecular weight is 654 g/mol. The molecule has 0 bridgehead atoms. The number of fused-ring (bicyclic) bond motifs is 1. The Morgan fingerprint density at radius 3 is 2.07 bits per heavy atom. The van der Waals surface area contributed by atoms with Gasteiger partial charge in [0.15, 0.2) is 0 Å². The maximum Gasteiger partial charge on any atom is 0.389 e. The maximum atomic E-state index is 14.1. The Labute approximate surface area is 258 Å². The Balaban J connectivity index is 1.81. The number of halogens is 7. The van der Waals surface area contributed by atoms with Gasteiger partial charge in [-0.25, -0.2) is 9.98 Å². The topological polar surface area (TPSA) is 118 Å². The average Bonchev–Trinajstić information content (AvgIpc) is 3.08. The molecular weight excluding hydrogens is 628 g/mol. The van der Waals surface area contributed by atoms with Crippen LogP contribution in [0.2, 0.25) is 5.02 Å². The Morgan fingerprint density at radius 2 is 1.49 bits per heavy atom. The lowest BCUT2D eigenvalue weighted by Gasteiger charge is -2.28. The van der Waals surface area contributed by atoms with Crippen LogP contribution in [-0.4, -0.2) is 46.9 Å². The number of benzene rings is 2. The summed E-state index contributed by atoms with van der Waals surface area (Å²) in [5.74, 6) is -7.39. The summed E-state index contributed by atoms with van der Waals surface area (Å²) in [6.07, 6.45) is -15.4. The fourth-order valence-electron chi connectivity index (χ4n) is 4.96. The smallest absolute Gasteiger partial charge is 0.369 e. The summed E-state index contributed by atoms with van der Waals surface area (Å²) < 4.78 is 78.8. The standard InChI is InChI=1S/C30H26ClF6N5O3/c31-18-10-11-23(39-16-18)42-22-9-5-4-8-21(22)24(17-6-2-1-3-7-17)40-26(28(42)45)41-27(44)20(13-15-30(35,36)37)19(25(38)43)12-14-29(32,33)34/h1-11,16,19-20,26H,12-15H2,(H2,38,43)(H,41,44). The number of hydrogen-bond acceptors (Lipinski definition) is 5. The number of carbonyl (C=O) groups is 3. The van der Waals surface area contributed by atoms with E-state index in [1.54, 1.807) is 54.6 Å². The quantitative estimate of drug-likeness (QED) is 0.257. The second-order valence-electron chi connectivity index (χ2n) is 10.2. The number of alkyl halides is 6. The number of nitrogens with one attached hydrogen (secondary N) is 1. The number of amides is 3. The summed E-state index contributed by atoms with van der Waals surface area (Å²) in [7, 11) is 0. The van der Waals surface area contributed by atoms with E-state index in [4.69, 9.17) is 17.3 Å². The highest BCUT2D eigenvalue weighted by Gasteiger charge is 2.41. The van der Waals surface area contributed by atoms with E-state index in [0.29, 0.717) is 16.8 Å². The molecular formula is C30H26ClF6N5O3. The molecule has 238 valence electrons. The SMILES string of the molecule is NC(=O)C(CCC(F)(F)F)C(CCC(F)(F)F)C(=O)NC1N=C(c2ccccc2)c2ccccc2N(c2ccc(Cl)cn2)C1=O. The molecule has 0 fully saturated rings. The molecule has 2 heterocycles. The minimum Gasteiger partial charge on any atom is -0.369 e. The Bertz CT molecular complexity index is 1560. The van der Waals surface area contributed by atoms with Crippen molar-refractivity contribution in [1.29, 1.82) is 0 Å². The summed E-state index contributed by atoms with van der Waals surface area (Å²) in [5.41, 5.74) is 6.76. The molecule has 3 amide bonds. The number of primary amides is 1. The van der Waals surface area contributed by atoms with Gasteiger partial charge < -0.3 is 11.1 Å². The number of nitrogens with two attached hydrogens (primary N) is 1. The van der Waals surface area contributed by atoms with Crippen LogP contribution in [0, 0.1) is 11.8 Å². The van der Waals surface area contributed by atoms with Crippen molar-refractivity contribution in [2.45, 2.75) is 44.2 Å². The third-order valence-corrected chi connectivity index (χ3v) is 7.27. The van der Waals surface area contributed by atoms with Gasteiger partial charge in [-0.1, -0.05) is 60.1 Å². The summed E-state index contributed by atoms with van der Waals surface area (Å²) in [6, 6.07) is 18.0. The van der Waals surface area contributed by atoms with Crippen LogP contribution in [0.4, 0.5) is 37.8 Å². The third kappa shape index (κ3) is 8.59. The van der Waals surface area contributed by atoms with E-state index in [9.17, 15) is 40.7 Å². The number of benzodiazepines with no additional fused rings is 1. The molecule has 8 nitrogen and oxygen atoms in total. The van der Waals surface area contributed by atoms with Gasteiger partial charge in [0.25, 0.3) is 5.91 Å². The van der Waals surface area contributed by atoms with Gasteiger partial charge in [-0.05, 0) is 31.0 Å². The molecule has 0 saturated carbocycles. The minimum absolute atomic E-state index is 0.0643. The number of hydrogen-bond donors (Lipinski definition) is 2. The van der Waals surface area contributed by atoms with Crippen LogP contribution in [0.15, 0.2) is 77.9 Å². The molecule has 1 aliphatic rings. The lowest BCUT2D eigenvalue weighted by Crippen LogP contribution is -2.50. The predicted octanol–water partition coefficient (Wildman–Crippen LogP) is 6.10. The van der Waals surface area contributed by atoms with Gasteiger partial charge in [0, 0.05) is 42.0 Å². The molecule has 1 aromatic heterocycles. The first kappa shape index (κ1) is 33.4. The number of aliphatic imine (C=N–C) groups is 1. The molecule has 0 saturated heterocycles. The number of para-hydroxylation sites is 1. The molecule has 0 aliphatic carbocycles. The van der Waals surface area contributed by atoms with Crippen LogP contribution >= 0.6 is 11.6 Å². The molecule has 15 heteroatoms. The van der Waals surface area contributed by atoms with Crippen LogP contribution in [0.5, 0.6) is 0 Å². The zero-order valence-corrected chi connectivity index (χ0v) is 24.0. The van der Waals surface area contributed by atoms with Crippen molar-refractivity contribution in [3.63, 3.8) is 0 Å². The molecule has 3 aromatic rings. The number of anilines is 2. The third-order valence-electron chi connectivity index (χ3n) is 7.05. The minimum atomic E-state index is -4.81. The highest BCUT2D eigenvalue weighted by molar-refractivity contribution is 6.30. The molecule has 0 spiro atoms. The number of carbonyl (C=O) groups excluding carboxylic acids is 3. The normalized spacial score (nSPS) is 16.7. The van der Waals surface area contributed by atoms with Crippen LogP contribution < -0.4 is 16.0 Å². The van der Waals surface area contributed by atoms with E-state index in [1.165, 1.54) is 18.3 Å². The largest absolute Gasteiger partial charge is 0.389 e. The Morgan fingerprint density at radius 1 is 0.889 bits per heavy atom. The second-order valence-corrected chi connectivity index (χ2v) is 10.6. The molecule has 45 heavy (non-hydrogen) atoms.